The van der Waals surface area contributed by atoms with E-state index in [1.165, 1.54) is 19.3 Å². The van der Waals surface area contributed by atoms with E-state index in [-0.39, 0.29) is 5.69 Å². The molecule has 0 unspecified atom stereocenters. The Labute approximate surface area is 90.6 Å². The first-order valence-corrected chi connectivity index (χ1v) is 3.99. The first-order valence-electron chi connectivity index (χ1n) is 3.99. The maximum atomic E-state index is 10.1. The fourth-order valence-corrected chi connectivity index (χ4v) is 0.530. The Bertz CT molecular complexity index is 368. The van der Waals surface area contributed by atoms with Crippen molar-refractivity contribution in [2.75, 3.05) is 7.05 Å². The molecular weight excluding hydrogens is 216 g/mol. The van der Waals surface area contributed by atoms with Gasteiger partial charge in [-0.2, -0.15) is 5.01 Å². The van der Waals surface area contributed by atoms with Crippen LogP contribution >= 0.6 is 0 Å². The predicted octanol–water partition coefficient (Wildman–Crippen LogP) is 0.458. The second kappa shape index (κ2) is 6.87. The topological polar surface area (TPSA) is 126 Å². The van der Waals surface area contributed by atoms with Crippen molar-refractivity contribution >= 4 is 12.0 Å². The van der Waals surface area contributed by atoms with Crippen LogP contribution in [0.15, 0.2) is 29.7 Å². The Morgan fingerprint density at radius 3 is 2.31 bits per heavy atom. The van der Waals surface area contributed by atoms with E-state index in [0.717, 1.165) is 0 Å². The average Bonchev–Trinajstić information content (AvgIpc) is 2.29. The molecule has 0 bridgehead atoms. The number of aromatic carboxylic acids is 1. The number of pyridine rings is 1. The number of urea groups is 1. The van der Waals surface area contributed by atoms with Crippen LogP contribution in [-0.2, 0) is 0 Å². The average molecular weight is 226 g/mol. The molecule has 2 amide bonds. The highest BCUT2D eigenvalue weighted by atomic mass is 16.4. The van der Waals surface area contributed by atoms with E-state index < -0.39 is 12.0 Å². The summed E-state index contributed by atoms with van der Waals surface area (Å²) in [6, 6.07) is 3.90. The second-order valence-corrected chi connectivity index (χ2v) is 2.46. The van der Waals surface area contributed by atoms with Gasteiger partial charge >= 0.3 is 12.0 Å². The summed E-state index contributed by atoms with van der Waals surface area (Å²) in [6.07, 6.45) is 1.45. The number of amides is 2. The summed E-state index contributed by atoms with van der Waals surface area (Å²) in [5.74, 6) is -0.990. The number of hydrogen-bond donors (Lipinski definition) is 2. The molecule has 16 heavy (non-hydrogen) atoms. The monoisotopic (exact) mass is 226 g/mol. The SMILES string of the molecule is CN(N=O)C(N)=O.O=C(O)c1ccccn1. The third-order valence-corrected chi connectivity index (χ3v) is 1.33. The van der Waals surface area contributed by atoms with Crippen molar-refractivity contribution in [2.45, 2.75) is 0 Å². The van der Waals surface area contributed by atoms with Crippen molar-refractivity contribution in [1.82, 2.24) is 9.99 Å². The van der Waals surface area contributed by atoms with Crippen LogP contribution in [0.4, 0.5) is 4.79 Å². The molecule has 0 aromatic carbocycles. The maximum Gasteiger partial charge on any atom is 0.354 e. The van der Waals surface area contributed by atoms with E-state index in [2.05, 4.69) is 16.0 Å². The summed E-state index contributed by atoms with van der Waals surface area (Å²) in [5, 5.41) is 11.0. The molecule has 0 atom stereocenters. The molecule has 0 aliphatic heterocycles. The van der Waals surface area contributed by atoms with Crippen molar-refractivity contribution in [2.24, 2.45) is 11.0 Å². The largest absolute Gasteiger partial charge is 0.477 e. The van der Waals surface area contributed by atoms with Gasteiger partial charge in [0.15, 0.2) is 0 Å². The second-order valence-electron chi connectivity index (χ2n) is 2.46. The Morgan fingerprint density at radius 2 is 2.12 bits per heavy atom. The minimum Gasteiger partial charge on any atom is -0.477 e. The molecule has 1 aromatic rings. The van der Waals surface area contributed by atoms with E-state index >= 15 is 0 Å². The lowest BCUT2D eigenvalue weighted by atomic mass is 10.4. The molecule has 1 rings (SSSR count). The number of carboxylic acids is 1. The lowest BCUT2D eigenvalue weighted by Crippen LogP contribution is -2.26. The van der Waals surface area contributed by atoms with Crippen LogP contribution in [-0.4, -0.2) is 34.1 Å². The highest BCUT2D eigenvalue weighted by molar-refractivity contribution is 5.85. The molecule has 0 aliphatic carbocycles. The van der Waals surface area contributed by atoms with Crippen LogP contribution < -0.4 is 5.73 Å². The van der Waals surface area contributed by atoms with Crippen LogP contribution in [0.3, 0.4) is 0 Å². The molecule has 8 nitrogen and oxygen atoms in total. The van der Waals surface area contributed by atoms with Crippen molar-refractivity contribution < 1.29 is 14.7 Å². The highest BCUT2D eigenvalue weighted by Crippen LogP contribution is 1.90. The first kappa shape index (κ1) is 13.5. The molecule has 1 heterocycles. The molecule has 1 aromatic heterocycles. The molecule has 0 saturated carbocycles. The molecule has 0 aliphatic rings. The van der Waals surface area contributed by atoms with Crippen molar-refractivity contribution in [3.63, 3.8) is 0 Å². The lowest BCUT2D eigenvalue weighted by Gasteiger charge is -1.97. The number of carbonyl (C=O) groups excluding carboxylic acids is 1. The van der Waals surface area contributed by atoms with Gasteiger partial charge < -0.3 is 10.8 Å². The van der Waals surface area contributed by atoms with E-state index in [9.17, 15) is 14.5 Å². The molecular formula is C8H10N4O4. The molecule has 86 valence electrons. The van der Waals surface area contributed by atoms with Gasteiger partial charge in [-0.1, -0.05) is 6.07 Å². The summed E-state index contributed by atoms with van der Waals surface area (Å²) in [7, 11) is 1.18. The van der Waals surface area contributed by atoms with Crippen LogP contribution in [0, 0.1) is 4.91 Å². The van der Waals surface area contributed by atoms with E-state index in [4.69, 9.17) is 5.11 Å². The quantitative estimate of drug-likeness (QED) is 0.559. The Hall–Kier alpha value is -2.51. The summed E-state index contributed by atoms with van der Waals surface area (Å²) in [5.41, 5.74) is 4.62. The number of nitroso groups, excluding NO2 is 1. The molecule has 0 saturated heterocycles. The highest BCUT2D eigenvalue weighted by Gasteiger charge is 1.99. The molecule has 0 spiro atoms. The fraction of sp³-hybridized carbons (Fsp3) is 0.125. The molecule has 0 fully saturated rings. The van der Waals surface area contributed by atoms with Crippen molar-refractivity contribution in [3.8, 4) is 0 Å². The fourth-order valence-electron chi connectivity index (χ4n) is 0.530. The number of hydrogen-bond acceptors (Lipinski definition) is 5. The van der Waals surface area contributed by atoms with Crippen LogP contribution in [0.1, 0.15) is 10.5 Å². The van der Waals surface area contributed by atoms with E-state index in [1.807, 2.05) is 0 Å². The lowest BCUT2D eigenvalue weighted by molar-refractivity contribution is 0.0690. The predicted molar refractivity (Wildman–Crippen MR) is 54.3 cm³/mol. The zero-order valence-corrected chi connectivity index (χ0v) is 8.40. The molecule has 3 N–H and O–H groups in total. The molecule has 0 radical (unpaired) electrons. The van der Waals surface area contributed by atoms with Gasteiger partial charge in [0.1, 0.15) is 5.69 Å². The third kappa shape index (κ3) is 5.27. The van der Waals surface area contributed by atoms with Gasteiger partial charge in [-0.3, -0.25) is 0 Å². The van der Waals surface area contributed by atoms with Gasteiger partial charge in [0.05, 0.1) is 5.29 Å². The summed E-state index contributed by atoms with van der Waals surface area (Å²) in [4.78, 5) is 32.8. The van der Waals surface area contributed by atoms with Crippen molar-refractivity contribution in [1.29, 1.82) is 0 Å². The summed E-state index contributed by atoms with van der Waals surface area (Å²) < 4.78 is 0. The van der Waals surface area contributed by atoms with E-state index in [0.29, 0.717) is 5.01 Å². The molecule has 8 heteroatoms. The third-order valence-electron chi connectivity index (χ3n) is 1.33. The Balaban J connectivity index is 0.000000293. The normalized spacial score (nSPS) is 8.31. The van der Waals surface area contributed by atoms with Gasteiger partial charge in [0.25, 0.3) is 0 Å². The maximum absolute atomic E-state index is 10.1. The summed E-state index contributed by atoms with van der Waals surface area (Å²) in [6.45, 7) is 0. The van der Waals surface area contributed by atoms with Gasteiger partial charge in [0, 0.05) is 13.2 Å². The standard InChI is InChI=1S/C6H5NO2.C2H5N3O2/c8-6(9)5-3-1-2-4-7-5;1-5(4-7)2(3)6/h1-4H,(H,8,9);1H3,(H2,3,6). The number of aromatic nitrogens is 1. The number of carbonyl (C=O) groups is 2. The summed E-state index contributed by atoms with van der Waals surface area (Å²) >= 11 is 0. The number of carboxylic acid groups (broad SMARTS) is 1. The minimum absolute atomic E-state index is 0.0810. The van der Waals surface area contributed by atoms with Crippen LogP contribution in [0.5, 0.6) is 0 Å². The van der Waals surface area contributed by atoms with Crippen molar-refractivity contribution in [3.05, 3.63) is 35.0 Å². The zero-order valence-electron chi connectivity index (χ0n) is 8.40. The smallest absolute Gasteiger partial charge is 0.354 e. The van der Waals surface area contributed by atoms with Gasteiger partial charge in [0.2, 0.25) is 0 Å². The van der Waals surface area contributed by atoms with Crippen LogP contribution in [0.25, 0.3) is 0 Å². The number of nitrogens with two attached hydrogens (primary N) is 1. The van der Waals surface area contributed by atoms with Gasteiger partial charge in [-0.15, -0.1) is 4.91 Å². The Kier molecular flexibility index (Phi) is 5.79. The van der Waals surface area contributed by atoms with Gasteiger partial charge in [-0.25, -0.2) is 14.6 Å². The zero-order chi connectivity index (χ0) is 12.6. The number of primary amides is 1. The van der Waals surface area contributed by atoms with E-state index in [1.54, 1.807) is 12.1 Å². The Morgan fingerprint density at radius 1 is 1.50 bits per heavy atom. The number of nitrogens with zero attached hydrogens (tertiary/aromatic N) is 3. The van der Waals surface area contributed by atoms with Crippen LogP contribution in [0.2, 0.25) is 0 Å². The number of rotatable bonds is 2. The first-order chi connectivity index (χ1) is 7.49. The van der Waals surface area contributed by atoms with Gasteiger partial charge in [-0.05, 0) is 12.1 Å². The minimum atomic E-state index is -0.990.